The normalized spacial score (nSPS) is 15.8. The van der Waals surface area contributed by atoms with Crippen LogP contribution < -0.4 is 5.32 Å². The number of piperazine rings is 1. The average molecular weight is 252 g/mol. The molecular formula is C13H17FN2O2. The van der Waals surface area contributed by atoms with E-state index in [0.29, 0.717) is 24.2 Å². The molecule has 1 heterocycles. The van der Waals surface area contributed by atoms with Gasteiger partial charge in [-0.3, -0.25) is 4.79 Å². The first-order chi connectivity index (χ1) is 8.72. The van der Waals surface area contributed by atoms with Gasteiger partial charge >= 0.3 is 0 Å². The van der Waals surface area contributed by atoms with E-state index in [1.54, 1.807) is 11.0 Å². The summed E-state index contributed by atoms with van der Waals surface area (Å²) in [4.78, 5) is 14.0. The zero-order valence-electron chi connectivity index (χ0n) is 10.4. The number of amides is 1. The van der Waals surface area contributed by atoms with Crippen LogP contribution in [0.2, 0.25) is 0 Å². The number of carbonyl (C=O) groups excluding carboxylic acids is 1. The van der Waals surface area contributed by atoms with Crippen LogP contribution in [0.5, 0.6) is 0 Å². The van der Waals surface area contributed by atoms with Crippen molar-refractivity contribution in [3.63, 3.8) is 0 Å². The van der Waals surface area contributed by atoms with E-state index in [9.17, 15) is 9.18 Å². The van der Waals surface area contributed by atoms with Gasteiger partial charge in [-0.05, 0) is 18.2 Å². The second-order valence-electron chi connectivity index (χ2n) is 4.28. The molecule has 1 N–H and O–H groups in total. The largest absolute Gasteiger partial charge is 0.380 e. The molecule has 98 valence electrons. The van der Waals surface area contributed by atoms with Crippen LogP contribution in [-0.4, -0.2) is 44.1 Å². The zero-order valence-corrected chi connectivity index (χ0v) is 10.4. The van der Waals surface area contributed by atoms with Gasteiger partial charge in [0.1, 0.15) is 5.82 Å². The third kappa shape index (κ3) is 2.86. The van der Waals surface area contributed by atoms with Gasteiger partial charge < -0.3 is 15.0 Å². The van der Waals surface area contributed by atoms with E-state index in [4.69, 9.17) is 4.74 Å². The van der Waals surface area contributed by atoms with Gasteiger partial charge in [-0.1, -0.05) is 0 Å². The molecule has 2 rings (SSSR count). The summed E-state index contributed by atoms with van der Waals surface area (Å²) in [6, 6.07) is 4.42. The Morgan fingerprint density at radius 3 is 2.83 bits per heavy atom. The molecule has 18 heavy (non-hydrogen) atoms. The number of nitrogens with one attached hydrogen (secondary N) is 1. The molecule has 0 unspecified atom stereocenters. The fourth-order valence-corrected chi connectivity index (χ4v) is 2.02. The van der Waals surface area contributed by atoms with Gasteiger partial charge in [0.2, 0.25) is 0 Å². The van der Waals surface area contributed by atoms with Crippen LogP contribution in [0.1, 0.15) is 15.9 Å². The number of ether oxygens (including phenoxy) is 1. The Morgan fingerprint density at radius 2 is 2.17 bits per heavy atom. The Morgan fingerprint density at radius 1 is 1.44 bits per heavy atom. The van der Waals surface area contributed by atoms with E-state index in [-0.39, 0.29) is 18.3 Å². The van der Waals surface area contributed by atoms with Crippen molar-refractivity contribution in [2.75, 3.05) is 33.3 Å². The standard InChI is InChI=1S/C13H17FN2O2/c1-18-9-11-8-10(2-3-12(11)14)13(17)16-6-4-15-5-7-16/h2-3,8,15H,4-7,9H2,1H3. The average Bonchev–Trinajstić information content (AvgIpc) is 2.42. The van der Waals surface area contributed by atoms with E-state index >= 15 is 0 Å². The molecule has 5 heteroatoms. The number of carbonyl (C=O) groups is 1. The molecule has 1 aliphatic rings. The van der Waals surface area contributed by atoms with E-state index in [2.05, 4.69) is 5.32 Å². The number of benzene rings is 1. The van der Waals surface area contributed by atoms with Crippen LogP contribution in [0.3, 0.4) is 0 Å². The summed E-state index contributed by atoms with van der Waals surface area (Å²) in [5.41, 5.74) is 0.934. The Labute approximate surface area is 106 Å². The third-order valence-corrected chi connectivity index (χ3v) is 3.00. The number of hydrogen-bond donors (Lipinski definition) is 1. The van der Waals surface area contributed by atoms with E-state index in [1.165, 1.54) is 19.2 Å². The summed E-state index contributed by atoms with van der Waals surface area (Å²) in [5, 5.41) is 3.19. The number of methoxy groups -OCH3 is 1. The molecule has 0 radical (unpaired) electrons. The Balaban J connectivity index is 2.16. The molecule has 1 aliphatic heterocycles. The molecule has 1 amide bonds. The molecule has 4 nitrogen and oxygen atoms in total. The molecule has 0 saturated carbocycles. The van der Waals surface area contributed by atoms with Crippen LogP contribution in [-0.2, 0) is 11.3 Å². The van der Waals surface area contributed by atoms with Crippen molar-refractivity contribution in [1.29, 1.82) is 0 Å². The third-order valence-electron chi connectivity index (χ3n) is 3.00. The van der Waals surface area contributed by atoms with Crippen molar-refractivity contribution in [3.8, 4) is 0 Å². The van der Waals surface area contributed by atoms with Crippen molar-refractivity contribution < 1.29 is 13.9 Å². The number of hydrogen-bond acceptors (Lipinski definition) is 3. The molecule has 0 spiro atoms. The highest BCUT2D eigenvalue weighted by Gasteiger charge is 2.18. The van der Waals surface area contributed by atoms with Gasteiger partial charge in [-0.15, -0.1) is 0 Å². The lowest BCUT2D eigenvalue weighted by atomic mass is 10.1. The highest BCUT2D eigenvalue weighted by atomic mass is 19.1. The smallest absolute Gasteiger partial charge is 0.253 e. The number of nitrogens with zero attached hydrogens (tertiary/aromatic N) is 1. The van der Waals surface area contributed by atoms with Crippen LogP contribution in [0.4, 0.5) is 4.39 Å². The molecule has 1 aromatic carbocycles. The van der Waals surface area contributed by atoms with Crippen LogP contribution >= 0.6 is 0 Å². The Kier molecular flexibility index (Phi) is 4.28. The molecule has 1 fully saturated rings. The molecule has 0 aliphatic carbocycles. The Bertz CT molecular complexity index is 431. The maximum Gasteiger partial charge on any atom is 0.253 e. The summed E-state index contributed by atoms with van der Waals surface area (Å²) >= 11 is 0. The lowest BCUT2D eigenvalue weighted by Gasteiger charge is -2.27. The van der Waals surface area contributed by atoms with Gasteiger partial charge in [0, 0.05) is 44.4 Å². The summed E-state index contributed by atoms with van der Waals surface area (Å²) in [7, 11) is 1.50. The fourth-order valence-electron chi connectivity index (χ4n) is 2.02. The monoisotopic (exact) mass is 252 g/mol. The first-order valence-electron chi connectivity index (χ1n) is 5.99. The molecular weight excluding hydrogens is 235 g/mol. The second kappa shape index (κ2) is 5.93. The van der Waals surface area contributed by atoms with Crippen LogP contribution in [0, 0.1) is 5.82 Å². The van der Waals surface area contributed by atoms with Gasteiger partial charge in [-0.2, -0.15) is 0 Å². The first kappa shape index (κ1) is 13.0. The molecule has 0 bridgehead atoms. The van der Waals surface area contributed by atoms with Crippen molar-refractivity contribution in [3.05, 3.63) is 35.1 Å². The van der Waals surface area contributed by atoms with Gasteiger partial charge in [0.15, 0.2) is 0 Å². The Hall–Kier alpha value is -1.46. The molecule has 1 saturated heterocycles. The molecule has 1 aromatic rings. The quantitative estimate of drug-likeness (QED) is 0.873. The number of rotatable bonds is 3. The van der Waals surface area contributed by atoms with Crippen molar-refractivity contribution in [2.45, 2.75) is 6.61 Å². The maximum absolute atomic E-state index is 13.4. The first-order valence-corrected chi connectivity index (χ1v) is 5.99. The van der Waals surface area contributed by atoms with E-state index in [1.807, 2.05) is 0 Å². The lowest BCUT2D eigenvalue weighted by molar-refractivity contribution is 0.0735. The van der Waals surface area contributed by atoms with E-state index in [0.717, 1.165) is 13.1 Å². The second-order valence-corrected chi connectivity index (χ2v) is 4.28. The van der Waals surface area contributed by atoms with Gasteiger partial charge in [0.05, 0.1) is 6.61 Å². The predicted octanol–water partition coefficient (Wildman–Crippen LogP) is 1.02. The number of halogens is 1. The lowest BCUT2D eigenvalue weighted by Crippen LogP contribution is -2.46. The van der Waals surface area contributed by atoms with Gasteiger partial charge in [0.25, 0.3) is 5.91 Å². The zero-order chi connectivity index (χ0) is 13.0. The maximum atomic E-state index is 13.4. The minimum absolute atomic E-state index is 0.0474. The van der Waals surface area contributed by atoms with E-state index < -0.39 is 0 Å². The van der Waals surface area contributed by atoms with Crippen LogP contribution in [0.15, 0.2) is 18.2 Å². The summed E-state index contributed by atoms with van der Waals surface area (Å²) < 4.78 is 18.4. The SMILES string of the molecule is COCc1cc(C(=O)N2CCNCC2)ccc1F. The molecule has 0 aromatic heterocycles. The minimum Gasteiger partial charge on any atom is -0.380 e. The highest BCUT2D eigenvalue weighted by molar-refractivity contribution is 5.94. The predicted molar refractivity (Wildman–Crippen MR) is 65.9 cm³/mol. The van der Waals surface area contributed by atoms with Crippen molar-refractivity contribution in [2.24, 2.45) is 0 Å². The summed E-state index contributed by atoms with van der Waals surface area (Å²) in [6.45, 7) is 3.16. The minimum atomic E-state index is -0.339. The van der Waals surface area contributed by atoms with Crippen molar-refractivity contribution in [1.82, 2.24) is 10.2 Å². The van der Waals surface area contributed by atoms with Gasteiger partial charge in [-0.25, -0.2) is 4.39 Å². The highest BCUT2D eigenvalue weighted by Crippen LogP contribution is 2.14. The van der Waals surface area contributed by atoms with Crippen molar-refractivity contribution >= 4 is 5.91 Å². The summed E-state index contributed by atoms with van der Waals surface area (Å²) in [5.74, 6) is -0.387. The fraction of sp³-hybridized carbons (Fsp3) is 0.462. The molecule has 0 atom stereocenters. The summed E-state index contributed by atoms with van der Waals surface area (Å²) in [6.07, 6.45) is 0. The van der Waals surface area contributed by atoms with Crippen LogP contribution in [0.25, 0.3) is 0 Å². The topological polar surface area (TPSA) is 41.6 Å².